The van der Waals surface area contributed by atoms with Gasteiger partial charge in [-0.25, -0.2) is 4.98 Å². The number of benzene rings is 1. The van der Waals surface area contributed by atoms with Crippen LogP contribution < -0.4 is 10.1 Å². The van der Waals surface area contributed by atoms with Crippen LogP contribution in [0.3, 0.4) is 0 Å². The zero-order valence-corrected chi connectivity index (χ0v) is 12.9. The van der Waals surface area contributed by atoms with Gasteiger partial charge in [-0.3, -0.25) is 0 Å². The number of nitrogens with zero attached hydrogens (tertiary/aromatic N) is 1. The van der Waals surface area contributed by atoms with Gasteiger partial charge in [-0.15, -0.1) is 0 Å². The lowest BCUT2D eigenvalue weighted by Crippen LogP contribution is -2.19. The SMILES string of the molecule is COc1ccc(-c2cnc(CCNC3CC3)o2)cc1Br. The lowest BCUT2D eigenvalue weighted by molar-refractivity contribution is 0.412. The monoisotopic (exact) mass is 336 g/mol. The Labute approximate surface area is 126 Å². The molecule has 1 aliphatic carbocycles. The zero-order chi connectivity index (χ0) is 13.9. The molecule has 5 heteroatoms. The maximum Gasteiger partial charge on any atom is 0.196 e. The molecule has 3 rings (SSSR count). The second-order valence-corrected chi connectivity index (χ2v) is 5.80. The van der Waals surface area contributed by atoms with Crippen LogP contribution in [0.15, 0.2) is 33.3 Å². The maximum absolute atomic E-state index is 5.79. The number of hydrogen-bond donors (Lipinski definition) is 1. The number of methoxy groups -OCH3 is 1. The van der Waals surface area contributed by atoms with E-state index in [0.29, 0.717) is 0 Å². The summed E-state index contributed by atoms with van der Waals surface area (Å²) in [5, 5.41) is 3.45. The van der Waals surface area contributed by atoms with Gasteiger partial charge in [0.05, 0.1) is 17.8 Å². The van der Waals surface area contributed by atoms with Crippen molar-refractivity contribution in [3.8, 4) is 17.1 Å². The highest BCUT2D eigenvalue weighted by Gasteiger charge is 2.20. The summed E-state index contributed by atoms with van der Waals surface area (Å²) >= 11 is 3.48. The molecule has 4 nitrogen and oxygen atoms in total. The summed E-state index contributed by atoms with van der Waals surface area (Å²) in [7, 11) is 1.65. The van der Waals surface area contributed by atoms with E-state index in [4.69, 9.17) is 9.15 Å². The first-order chi connectivity index (χ1) is 9.76. The Hall–Kier alpha value is -1.33. The molecule has 0 atom stereocenters. The molecular weight excluding hydrogens is 320 g/mol. The molecule has 1 saturated carbocycles. The summed E-state index contributed by atoms with van der Waals surface area (Å²) in [6.45, 7) is 0.928. The van der Waals surface area contributed by atoms with Gasteiger partial charge in [-0.05, 0) is 47.0 Å². The van der Waals surface area contributed by atoms with Crippen LogP contribution in [0.4, 0.5) is 0 Å². The Balaban J connectivity index is 1.67. The summed E-state index contributed by atoms with van der Waals surface area (Å²) in [6, 6.07) is 6.58. The average Bonchev–Trinajstić information content (AvgIpc) is 3.15. The number of oxazole rings is 1. The van der Waals surface area contributed by atoms with Gasteiger partial charge in [-0.2, -0.15) is 0 Å². The highest BCUT2D eigenvalue weighted by atomic mass is 79.9. The lowest BCUT2D eigenvalue weighted by atomic mass is 10.2. The smallest absolute Gasteiger partial charge is 0.196 e. The van der Waals surface area contributed by atoms with Gasteiger partial charge in [-0.1, -0.05) is 0 Å². The van der Waals surface area contributed by atoms with E-state index in [1.165, 1.54) is 12.8 Å². The fraction of sp³-hybridized carbons (Fsp3) is 0.400. The molecule has 20 heavy (non-hydrogen) atoms. The third-order valence-electron chi connectivity index (χ3n) is 3.34. The summed E-state index contributed by atoms with van der Waals surface area (Å²) in [4.78, 5) is 4.33. The Morgan fingerprint density at radius 3 is 3.00 bits per heavy atom. The largest absolute Gasteiger partial charge is 0.496 e. The summed E-state index contributed by atoms with van der Waals surface area (Å²) < 4.78 is 11.9. The minimum absolute atomic E-state index is 0.724. The normalized spacial score (nSPS) is 14.5. The number of rotatable bonds is 6. The molecule has 0 spiro atoms. The fourth-order valence-electron chi connectivity index (χ4n) is 2.05. The van der Waals surface area contributed by atoms with E-state index in [9.17, 15) is 0 Å². The molecule has 106 valence electrons. The lowest BCUT2D eigenvalue weighted by Gasteiger charge is -2.04. The van der Waals surface area contributed by atoms with E-state index in [0.717, 1.165) is 46.4 Å². The Bertz CT molecular complexity index is 593. The van der Waals surface area contributed by atoms with Crippen LogP contribution in [0.2, 0.25) is 0 Å². The van der Waals surface area contributed by atoms with E-state index in [1.54, 1.807) is 13.3 Å². The van der Waals surface area contributed by atoms with Gasteiger partial charge in [0, 0.05) is 24.6 Å². The van der Waals surface area contributed by atoms with Crippen molar-refractivity contribution in [2.45, 2.75) is 25.3 Å². The molecule has 1 aliphatic rings. The highest BCUT2D eigenvalue weighted by molar-refractivity contribution is 9.10. The van der Waals surface area contributed by atoms with Crippen molar-refractivity contribution in [1.82, 2.24) is 10.3 Å². The quantitative estimate of drug-likeness (QED) is 0.878. The molecule has 0 aliphatic heterocycles. The van der Waals surface area contributed by atoms with Gasteiger partial charge in [0.2, 0.25) is 0 Å². The Kier molecular flexibility index (Phi) is 4.08. The van der Waals surface area contributed by atoms with Crippen molar-refractivity contribution in [3.63, 3.8) is 0 Å². The Morgan fingerprint density at radius 2 is 2.30 bits per heavy atom. The van der Waals surface area contributed by atoms with Crippen LogP contribution in [0.1, 0.15) is 18.7 Å². The van der Waals surface area contributed by atoms with Crippen LogP contribution in [0.5, 0.6) is 5.75 Å². The number of aromatic nitrogens is 1. The van der Waals surface area contributed by atoms with E-state index in [1.807, 2.05) is 18.2 Å². The molecule has 0 radical (unpaired) electrons. The molecule has 0 saturated heterocycles. The van der Waals surface area contributed by atoms with Crippen LogP contribution in [-0.2, 0) is 6.42 Å². The van der Waals surface area contributed by atoms with E-state index < -0.39 is 0 Å². The predicted octanol–water partition coefficient (Wildman–Crippen LogP) is 3.41. The first kappa shape index (κ1) is 13.6. The number of halogens is 1. The predicted molar refractivity (Wildman–Crippen MR) is 80.9 cm³/mol. The summed E-state index contributed by atoms with van der Waals surface area (Å²) in [5.74, 6) is 2.37. The molecule has 1 heterocycles. The minimum Gasteiger partial charge on any atom is -0.496 e. The molecular formula is C15H17BrN2O2. The first-order valence-electron chi connectivity index (χ1n) is 6.78. The molecule has 2 aromatic rings. The molecule has 0 unspecified atom stereocenters. The molecule has 1 fully saturated rings. The van der Waals surface area contributed by atoms with Crippen molar-refractivity contribution >= 4 is 15.9 Å². The van der Waals surface area contributed by atoms with Gasteiger partial charge >= 0.3 is 0 Å². The molecule has 0 amide bonds. The molecule has 0 bridgehead atoms. The van der Waals surface area contributed by atoms with E-state index in [-0.39, 0.29) is 0 Å². The summed E-state index contributed by atoms with van der Waals surface area (Å²) in [5.41, 5.74) is 0.992. The second-order valence-electron chi connectivity index (χ2n) is 4.95. The third kappa shape index (κ3) is 3.22. The molecule has 1 aromatic carbocycles. The van der Waals surface area contributed by atoms with Crippen molar-refractivity contribution in [2.75, 3.05) is 13.7 Å². The molecule has 1 aromatic heterocycles. The van der Waals surface area contributed by atoms with Crippen molar-refractivity contribution in [2.24, 2.45) is 0 Å². The van der Waals surface area contributed by atoms with E-state index in [2.05, 4.69) is 26.2 Å². The van der Waals surface area contributed by atoms with Crippen LogP contribution in [0, 0.1) is 0 Å². The van der Waals surface area contributed by atoms with Crippen molar-refractivity contribution < 1.29 is 9.15 Å². The number of hydrogen-bond acceptors (Lipinski definition) is 4. The Morgan fingerprint density at radius 1 is 1.45 bits per heavy atom. The van der Waals surface area contributed by atoms with Gasteiger partial charge in [0.25, 0.3) is 0 Å². The van der Waals surface area contributed by atoms with Gasteiger partial charge < -0.3 is 14.5 Å². The average molecular weight is 337 g/mol. The maximum atomic E-state index is 5.79. The second kappa shape index (κ2) is 5.97. The van der Waals surface area contributed by atoms with Gasteiger partial charge in [0.1, 0.15) is 5.75 Å². The number of nitrogens with one attached hydrogen (secondary N) is 1. The van der Waals surface area contributed by atoms with Crippen LogP contribution in [0.25, 0.3) is 11.3 Å². The number of ether oxygens (including phenoxy) is 1. The first-order valence-corrected chi connectivity index (χ1v) is 7.57. The standard InChI is InChI=1S/C15H17BrN2O2/c1-19-13-5-2-10(8-12(13)16)14-9-18-15(20-14)6-7-17-11-3-4-11/h2,5,8-9,11,17H,3-4,6-7H2,1H3. The third-order valence-corrected chi connectivity index (χ3v) is 3.96. The van der Waals surface area contributed by atoms with Crippen molar-refractivity contribution in [1.29, 1.82) is 0 Å². The summed E-state index contributed by atoms with van der Waals surface area (Å²) in [6.07, 6.45) is 5.21. The fourth-order valence-corrected chi connectivity index (χ4v) is 2.59. The van der Waals surface area contributed by atoms with Crippen LogP contribution in [-0.4, -0.2) is 24.7 Å². The van der Waals surface area contributed by atoms with E-state index >= 15 is 0 Å². The van der Waals surface area contributed by atoms with Gasteiger partial charge in [0.15, 0.2) is 11.7 Å². The zero-order valence-electron chi connectivity index (χ0n) is 11.4. The van der Waals surface area contributed by atoms with Crippen molar-refractivity contribution in [3.05, 3.63) is 34.8 Å². The highest BCUT2D eigenvalue weighted by Crippen LogP contribution is 2.30. The molecule has 1 N–H and O–H groups in total. The van der Waals surface area contributed by atoms with Crippen LogP contribution >= 0.6 is 15.9 Å². The topological polar surface area (TPSA) is 47.3 Å². The minimum atomic E-state index is 0.724.